The quantitative estimate of drug-likeness (QED) is 0.314. The van der Waals surface area contributed by atoms with Crippen LogP contribution in [-0.2, 0) is 38.1 Å². The molecule has 1 spiro atoms. The second-order valence-corrected chi connectivity index (χ2v) is 13.3. The van der Waals surface area contributed by atoms with Gasteiger partial charge < -0.3 is 33.6 Å². The molecule has 40 heavy (non-hydrogen) atoms. The van der Waals surface area contributed by atoms with E-state index < -0.39 is 93.3 Å². The molecule has 3 aliphatic carbocycles. The summed E-state index contributed by atoms with van der Waals surface area (Å²) in [7, 11) is 1.14. The molecule has 11 atom stereocenters. The maximum absolute atomic E-state index is 14.5. The lowest BCUT2D eigenvalue weighted by molar-refractivity contribution is -0.260. The molecule has 5 fully saturated rings. The van der Waals surface area contributed by atoms with Gasteiger partial charge in [0.05, 0.1) is 26.1 Å². The number of aliphatic hydroxyl groups excluding tert-OH is 1. The van der Waals surface area contributed by atoms with E-state index in [0.29, 0.717) is 18.4 Å². The van der Waals surface area contributed by atoms with Gasteiger partial charge in [-0.05, 0) is 18.9 Å². The molecule has 0 unspecified atom stereocenters. The minimum Gasteiger partial charge on any atom is -0.472 e. The molecule has 0 radical (unpaired) electrons. The predicted octanol–water partition coefficient (Wildman–Crippen LogP) is 1.88. The first-order chi connectivity index (χ1) is 18.6. The third kappa shape index (κ3) is 3.01. The molecule has 2 N–H and O–H groups in total. The Bertz CT molecular complexity index is 1290. The number of aliphatic hydroxyl groups is 2. The molecule has 2 bridgehead atoms. The van der Waals surface area contributed by atoms with Gasteiger partial charge in [0.15, 0.2) is 17.5 Å². The highest BCUT2D eigenvalue weighted by Crippen LogP contribution is 2.78. The number of Topliss-reactive ketones (excluding diaryl/α,β-unsaturated/α-hetero) is 1. The standard InChI is InChI=1S/C29H36O11/c1-13(30)38-23-25(2,3)19(18(32)21(33)36-6)27(5)15-7-9-26(4)16(29(15)24(40-29)28(23,35)22(27)34)11-17(31)39-20(26)14-8-10-37-12-14/h8,10,12,15-16,18-20,23-24,32,35H,7,9,11H2,1-6H3/t15-,16+,18-,19+,20+,23-,24+,26+,27-,28-,29-/m1/s1. The molecular weight excluding hydrogens is 524 g/mol. The van der Waals surface area contributed by atoms with E-state index in [0.717, 1.165) is 7.11 Å². The third-order valence-corrected chi connectivity index (χ3v) is 11.1. The van der Waals surface area contributed by atoms with Crippen molar-refractivity contribution < 1.29 is 52.8 Å². The summed E-state index contributed by atoms with van der Waals surface area (Å²) in [5.74, 6) is -4.92. The maximum atomic E-state index is 14.5. The van der Waals surface area contributed by atoms with Crippen molar-refractivity contribution in [1.29, 1.82) is 0 Å². The van der Waals surface area contributed by atoms with Crippen LogP contribution in [0, 0.1) is 34.0 Å². The van der Waals surface area contributed by atoms with Crippen molar-refractivity contribution >= 4 is 23.7 Å². The fourth-order valence-electron chi connectivity index (χ4n) is 9.80. The number of methoxy groups -OCH3 is 1. The molecular formula is C29H36O11. The number of epoxide rings is 1. The molecule has 1 aromatic heterocycles. The van der Waals surface area contributed by atoms with E-state index in [-0.39, 0.29) is 6.42 Å². The summed E-state index contributed by atoms with van der Waals surface area (Å²) in [6, 6.07) is 1.75. The molecule has 3 saturated carbocycles. The highest BCUT2D eigenvalue weighted by molar-refractivity contribution is 5.99. The normalized spacial score (nSPS) is 47.1. The van der Waals surface area contributed by atoms with Crippen molar-refractivity contribution in [2.45, 2.75) is 89.5 Å². The lowest BCUT2D eigenvalue weighted by Crippen LogP contribution is -2.81. The van der Waals surface area contributed by atoms with Crippen molar-refractivity contribution in [3.63, 3.8) is 0 Å². The first-order valence-corrected chi connectivity index (χ1v) is 13.7. The molecule has 0 amide bonds. The number of hydrogen-bond donors (Lipinski definition) is 2. The number of furan rings is 1. The molecule has 218 valence electrons. The van der Waals surface area contributed by atoms with Crippen LogP contribution in [0.5, 0.6) is 0 Å². The summed E-state index contributed by atoms with van der Waals surface area (Å²) < 4.78 is 28.2. The van der Waals surface area contributed by atoms with Crippen LogP contribution in [0.25, 0.3) is 0 Å². The van der Waals surface area contributed by atoms with Gasteiger partial charge in [-0.15, -0.1) is 0 Å². The van der Waals surface area contributed by atoms with Gasteiger partial charge in [0.1, 0.15) is 23.9 Å². The topological polar surface area (TPSA) is 162 Å². The molecule has 2 saturated heterocycles. The summed E-state index contributed by atoms with van der Waals surface area (Å²) in [5.41, 5.74) is -6.16. The highest BCUT2D eigenvalue weighted by Gasteiger charge is 2.91. The van der Waals surface area contributed by atoms with Crippen LogP contribution >= 0.6 is 0 Å². The Labute approximate surface area is 231 Å². The van der Waals surface area contributed by atoms with Crippen LogP contribution in [0.3, 0.4) is 0 Å². The van der Waals surface area contributed by atoms with Crippen LogP contribution in [0.1, 0.15) is 65.5 Å². The number of ether oxygens (including phenoxy) is 4. The highest BCUT2D eigenvalue weighted by atomic mass is 16.6. The molecule has 2 aliphatic heterocycles. The Hall–Kier alpha value is -2.76. The number of esters is 3. The number of rotatable bonds is 4. The van der Waals surface area contributed by atoms with Crippen molar-refractivity contribution in [2.24, 2.45) is 34.0 Å². The molecule has 6 rings (SSSR count). The summed E-state index contributed by atoms with van der Waals surface area (Å²) >= 11 is 0. The zero-order valence-electron chi connectivity index (χ0n) is 23.5. The second kappa shape index (κ2) is 8.17. The van der Waals surface area contributed by atoms with Crippen LogP contribution in [0.4, 0.5) is 0 Å². The first kappa shape index (κ1) is 27.4. The fraction of sp³-hybridized carbons (Fsp3) is 0.724. The number of ketones is 1. The van der Waals surface area contributed by atoms with Crippen LogP contribution in [0.2, 0.25) is 0 Å². The molecule has 1 aromatic rings. The summed E-state index contributed by atoms with van der Waals surface area (Å²) in [5, 5.41) is 23.8. The molecule has 3 heterocycles. The number of fused-ring (bicyclic) bond motifs is 5. The Morgan fingerprint density at radius 3 is 2.45 bits per heavy atom. The summed E-state index contributed by atoms with van der Waals surface area (Å²) in [4.78, 5) is 52.7. The molecule has 5 aliphatic rings. The number of carbonyl (C=O) groups is 4. The van der Waals surface area contributed by atoms with E-state index >= 15 is 0 Å². The SMILES string of the molecule is COC(=O)[C@H](O)[C@H]1C(C)(C)[C@@H](OC(C)=O)[C@]2(O)C(=O)[C@]1(C)[C@H]1CC[C@]3(C)[C@H](c4ccoc4)OC(=O)C[C@@H]3[C@]13O[C@@H]23. The molecule has 0 aromatic carbocycles. The van der Waals surface area contributed by atoms with Crippen LogP contribution < -0.4 is 0 Å². The number of carbonyl (C=O) groups excluding carboxylic acids is 4. The Balaban J connectivity index is 1.56. The molecule has 11 heteroatoms. The van der Waals surface area contributed by atoms with E-state index in [4.69, 9.17) is 23.4 Å². The monoisotopic (exact) mass is 560 g/mol. The summed E-state index contributed by atoms with van der Waals surface area (Å²) in [6.45, 7) is 8.18. The van der Waals surface area contributed by atoms with E-state index in [9.17, 15) is 29.4 Å². The van der Waals surface area contributed by atoms with Crippen molar-refractivity contribution in [3.05, 3.63) is 24.2 Å². The van der Waals surface area contributed by atoms with Crippen molar-refractivity contribution in [1.82, 2.24) is 0 Å². The van der Waals surface area contributed by atoms with Crippen molar-refractivity contribution in [2.75, 3.05) is 7.11 Å². The number of hydrogen-bond acceptors (Lipinski definition) is 11. The number of cyclic esters (lactones) is 1. The average Bonchev–Trinajstić information content (AvgIpc) is 3.37. The Morgan fingerprint density at radius 2 is 1.85 bits per heavy atom. The van der Waals surface area contributed by atoms with E-state index in [1.54, 1.807) is 26.8 Å². The smallest absolute Gasteiger partial charge is 0.335 e. The Kier molecular flexibility index (Phi) is 5.60. The Morgan fingerprint density at radius 1 is 1.15 bits per heavy atom. The van der Waals surface area contributed by atoms with Crippen LogP contribution in [-0.4, -0.2) is 70.5 Å². The third-order valence-electron chi connectivity index (χ3n) is 11.1. The fourth-order valence-corrected chi connectivity index (χ4v) is 9.80. The van der Waals surface area contributed by atoms with E-state index in [2.05, 4.69) is 0 Å². The minimum absolute atomic E-state index is 0.00987. The lowest BCUT2D eigenvalue weighted by Gasteiger charge is -2.67. The zero-order chi connectivity index (χ0) is 29.2. The lowest BCUT2D eigenvalue weighted by atomic mass is 9.36. The van der Waals surface area contributed by atoms with Gasteiger partial charge in [0.2, 0.25) is 0 Å². The first-order valence-electron chi connectivity index (χ1n) is 13.7. The second-order valence-electron chi connectivity index (χ2n) is 13.3. The van der Waals surface area contributed by atoms with Gasteiger partial charge in [0, 0.05) is 46.5 Å². The van der Waals surface area contributed by atoms with Gasteiger partial charge in [-0.2, -0.15) is 0 Å². The van der Waals surface area contributed by atoms with Crippen LogP contribution in [0.15, 0.2) is 23.0 Å². The zero-order valence-corrected chi connectivity index (χ0v) is 23.5. The van der Waals surface area contributed by atoms with Gasteiger partial charge in [0.25, 0.3) is 0 Å². The van der Waals surface area contributed by atoms with Gasteiger partial charge in [-0.3, -0.25) is 14.4 Å². The predicted molar refractivity (Wildman–Crippen MR) is 133 cm³/mol. The molecule has 11 nitrogen and oxygen atoms in total. The van der Waals surface area contributed by atoms with Gasteiger partial charge in [-0.1, -0.05) is 27.7 Å². The maximum Gasteiger partial charge on any atom is 0.335 e. The van der Waals surface area contributed by atoms with E-state index in [1.807, 2.05) is 6.92 Å². The van der Waals surface area contributed by atoms with Gasteiger partial charge >= 0.3 is 17.9 Å². The summed E-state index contributed by atoms with van der Waals surface area (Å²) in [6.07, 6.45) is -0.893. The van der Waals surface area contributed by atoms with E-state index in [1.165, 1.54) is 19.5 Å². The van der Waals surface area contributed by atoms with Gasteiger partial charge in [-0.25, -0.2) is 4.79 Å². The average molecular weight is 561 g/mol. The largest absolute Gasteiger partial charge is 0.472 e. The van der Waals surface area contributed by atoms with Crippen molar-refractivity contribution in [3.8, 4) is 0 Å². The minimum atomic E-state index is -2.28.